The van der Waals surface area contributed by atoms with Crippen molar-refractivity contribution in [3.05, 3.63) is 59.2 Å². The summed E-state index contributed by atoms with van der Waals surface area (Å²) >= 11 is 5.71. The van der Waals surface area contributed by atoms with Gasteiger partial charge in [0.05, 0.1) is 11.4 Å². The van der Waals surface area contributed by atoms with Crippen molar-refractivity contribution in [2.24, 2.45) is 0 Å². The number of benzene rings is 1. The van der Waals surface area contributed by atoms with Gasteiger partial charge < -0.3 is 10.1 Å². The summed E-state index contributed by atoms with van der Waals surface area (Å²) in [4.78, 5) is 39.6. The molecule has 6 nitrogen and oxygen atoms in total. The van der Waals surface area contributed by atoms with E-state index in [-0.39, 0.29) is 18.6 Å². The van der Waals surface area contributed by atoms with Gasteiger partial charge in [0.15, 0.2) is 11.9 Å². The van der Waals surface area contributed by atoms with E-state index < -0.39 is 18.0 Å². The van der Waals surface area contributed by atoms with Gasteiger partial charge in [-0.05, 0) is 19.1 Å². The minimum atomic E-state index is -1.00. The molecule has 0 spiro atoms. The first kappa shape index (κ1) is 18.6. The zero-order chi connectivity index (χ0) is 18.2. The number of Topliss-reactive ketones (excluding diaryl/α,β-unsaturated/α-hetero) is 1. The molecule has 1 atom stereocenters. The Labute approximate surface area is 150 Å². The van der Waals surface area contributed by atoms with Crippen LogP contribution >= 0.6 is 11.6 Å². The molecule has 25 heavy (non-hydrogen) atoms. The molecule has 0 fully saturated rings. The highest BCUT2D eigenvalue weighted by atomic mass is 35.5. The highest BCUT2D eigenvalue weighted by molar-refractivity contribution is 6.30. The van der Waals surface area contributed by atoms with Crippen LogP contribution in [0.4, 0.5) is 5.82 Å². The number of halogens is 1. The molecule has 2 rings (SSSR count). The summed E-state index contributed by atoms with van der Waals surface area (Å²) < 4.78 is 5.04. The maximum absolute atomic E-state index is 12.0. The summed E-state index contributed by atoms with van der Waals surface area (Å²) in [5, 5.41) is 2.96. The summed E-state index contributed by atoms with van der Waals surface area (Å²) in [6, 6.07) is 11.8. The van der Waals surface area contributed by atoms with Gasteiger partial charge in [0.2, 0.25) is 0 Å². The third kappa shape index (κ3) is 6.00. The lowest BCUT2D eigenvalue weighted by molar-refractivity contribution is -0.153. The molecule has 0 aliphatic rings. The molecule has 0 radical (unpaired) electrons. The molecular formula is C18H17ClN2O4. The van der Waals surface area contributed by atoms with Gasteiger partial charge >= 0.3 is 5.97 Å². The maximum atomic E-state index is 12.0. The van der Waals surface area contributed by atoms with Gasteiger partial charge in [-0.1, -0.05) is 41.9 Å². The Bertz CT molecular complexity index is 747. The van der Waals surface area contributed by atoms with Crippen molar-refractivity contribution in [1.29, 1.82) is 0 Å². The Morgan fingerprint density at radius 3 is 2.48 bits per heavy atom. The largest absolute Gasteiger partial charge is 0.453 e. The number of ketones is 1. The van der Waals surface area contributed by atoms with Crippen molar-refractivity contribution in [2.75, 3.05) is 5.32 Å². The highest BCUT2D eigenvalue weighted by Crippen LogP contribution is 2.11. The number of anilines is 1. The smallest absolute Gasteiger partial charge is 0.307 e. The van der Waals surface area contributed by atoms with Gasteiger partial charge in [0, 0.05) is 18.2 Å². The summed E-state index contributed by atoms with van der Waals surface area (Å²) in [6.45, 7) is 1.45. The third-order valence-electron chi connectivity index (χ3n) is 3.31. The molecule has 1 aromatic heterocycles. The molecule has 7 heteroatoms. The SMILES string of the molecule is C[C@H](OC(=O)CCC(=O)c1ccccc1)C(=O)Nc1ccc(Cl)cn1. The van der Waals surface area contributed by atoms with Crippen molar-refractivity contribution in [1.82, 2.24) is 4.98 Å². The molecule has 1 N–H and O–H groups in total. The maximum Gasteiger partial charge on any atom is 0.307 e. The number of esters is 1. The van der Waals surface area contributed by atoms with Crippen LogP contribution in [0.1, 0.15) is 30.1 Å². The van der Waals surface area contributed by atoms with Crippen LogP contribution in [0.5, 0.6) is 0 Å². The molecule has 1 aromatic carbocycles. The van der Waals surface area contributed by atoms with E-state index in [0.29, 0.717) is 16.4 Å². The average Bonchev–Trinajstić information content (AvgIpc) is 2.62. The standard InChI is InChI=1S/C18H17ClN2O4/c1-12(18(24)21-16-9-7-14(19)11-20-16)25-17(23)10-8-15(22)13-5-3-2-4-6-13/h2-7,9,11-12H,8,10H2,1H3,(H,20,21,24)/t12-/m0/s1. The predicted octanol–water partition coefficient (Wildman–Crippen LogP) is 3.27. The van der Waals surface area contributed by atoms with Crippen LogP contribution < -0.4 is 5.32 Å². The van der Waals surface area contributed by atoms with E-state index >= 15 is 0 Å². The second-order valence-corrected chi connectivity index (χ2v) is 5.71. The number of hydrogen-bond acceptors (Lipinski definition) is 5. The zero-order valence-corrected chi connectivity index (χ0v) is 14.3. The lowest BCUT2D eigenvalue weighted by Crippen LogP contribution is -2.30. The van der Waals surface area contributed by atoms with Crippen molar-refractivity contribution < 1.29 is 19.1 Å². The molecule has 0 saturated heterocycles. The zero-order valence-electron chi connectivity index (χ0n) is 13.6. The second kappa shape index (κ2) is 8.94. The van der Waals surface area contributed by atoms with Crippen LogP contribution in [-0.4, -0.2) is 28.7 Å². The van der Waals surface area contributed by atoms with E-state index in [2.05, 4.69) is 10.3 Å². The molecule has 1 heterocycles. The van der Waals surface area contributed by atoms with E-state index in [1.807, 2.05) is 0 Å². The normalized spacial score (nSPS) is 11.4. The quantitative estimate of drug-likeness (QED) is 0.605. The predicted molar refractivity (Wildman–Crippen MR) is 93.4 cm³/mol. The molecule has 0 unspecified atom stereocenters. The number of hydrogen-bond donors (Lipinski definition) is 1. The number of nitrogens with one attached hydrogen (secondary N) is 1. The summed E-state index contributed by atoms with van der Waals surface area (Å²) in [6.07, 6.45) is 0.320. The van der Waals surface area contributed by atoms with Crippen LogP contribution in [0.25, 0.3) is 0 Å². The number of pyridine rings is 1. The Morgan fingerprint density at radius 2 is 1.84 bits per heavy atom. The number of ether oxygens (including phenoxy) is 1. The monoisotopic (exact) mass is 360 g/mol. The summed E-state index contributed by atoms with van der Waals surface area (Å²) in [5.74, 6) is -0.981. The molecule has 2 aromatic rings. The van der Waals surface area contributed by atoms with E-state index in [1.54, 1.807) is 36.4 Å². The van der Waals surface area contributed by atoms with Crippen LogP contribution in [0.15, 0.2) is 48.7 Å². The first-order chi connectivity index (χ1) is 12.0. The average molecular weight is 361 g/mol. The second-order valence-electron chi connectivity index (χ2n) is 5.27. The van der Waals surface area contributed by atoms with Gasteiger partial charge in [0.1, 0.15) is 5.82 Å². The molecule has 0 aliphatic heterocycles. The highest BCUT2D eigenvalue weighted by Gasteiger charge is 2.19. The van der Waals surface area contributed by atoms with Gasteiger partial charge in [-0.25, -0.2) is 4.98 Å². The minimum absolute atomic E-state index is 0.0237. The first-order valence-corrected chi connectivity index (χ1v) is 8.03. The topological polar surface area (TPSA) is 85.4 Å². The van der Waals surface area contributed by atoms with Crippen LogP contribution in [0.2, 0.25) is 5.02 Å². The number of nitrogens with zero attached hydrogens (tertiary/aromatic N) is 1. The number of aromatic nitrogens is 1. The number of rotatable bonds is 7. The van der Waals surface area contributed by atoms with E-state index in [4.69, 9.17) is 16.3 Å². The molecule has 0 saturated carbocycles. The van der Waals surface area contributed by atoms with Crippen molar-refractivity contribution in [3.63, 3.8) is 0 Å². The summed E-state index contributed by atoms with van der Waals surface area (Å²) in [7, 11) is 0. The van der Waals surface area contributed by atoms with Crippen LogP contribution in [-0.2, 0) is 14.3 Å². The molecular weight excluding hydrogens is 344 g/mol. The van der Waals surface area contributed by atoms with Gasteiger partial charge in [0.25, 0.3) is 5.91 Å². The Kier molecular flexibility index (Phi) is 6.65. The van der Waals surface area contributed by atoms with Gasteiger partial charge in [-0.2, -0.15) is 0 Å². The Balaban J connectivity index is 1.78. The molecule has 0 aliphatic carbocycles. The van der Waals surface area contributed by atoms with Crippen molar-refractivity contribution in [2.45, 2.75) is 25.9 Å². The molecule has 130 valence electrons. The van der Waals surface area contributed by atoms with Crippen LogP contribution in [0.3, 0.4) is 0 Å². The number of carbonyl (C=O) groups excluding carboxylic acids is 3. The van der Waals surface area contributed by atoms with Gasteiger partial charge in [-0.15, -0.1) is 0 Å². The molecule has 0 bridgehead atoms. The van der Waals surface area contributed by atoms with Crippen LogP contribution in [0, 0.1) is 0 Å². The number of carbonyl (C=O) groups is 3. The fourth-order valence-electron chi connectivity index (χ4n) is 1.97. The first-order valence-electron chi connectivity index (χ1n) is 7.66. The van der Waals surface area contributed by atoms with E-state index in [0.717, 1.165) is 0 Å². The Hall–Kier alpha value is -2.73. The fourth-order valence-corrected chi connectivity index (χ4v) is 2.08. The fraction of sp³-hybridized carbons (Fsp3) is 0.222. The molecule has 1 amide bonds. The van der Waals surface area contributed by atoms with Crippen molar-refractivity contribution >= 4 is 35.1 Å². The lowest BCUT2D eigenvalue weighted by Gasteiger charge is -2.13. The lowest BCUT2D eigenvalue weighted by atomic mass is 10.1. The number of amides is 1. The Morgan fingerprint density at radius 1 is 1.12 bits per heavy atom. The van der Waals surface area contributed by atoms with Gasteiger partial charge in [-0.3, -0.25) is 14.4 Å². The van der Waals surface area contributed by atoms with Crippen molar-refractivity contribution in [3.8, 4) is 0 Å². The third-order valence-corrected chi connectivity index (χ3v) is 3.53. The summed E-state index contributed by atoms with van der Waals surface area (Å²) in [5.41, 5.74) is 0.537. The minimum Gasteiger partial charge on any atom is -0.453 e. The van der Waals surface area contributed by atoms with E-state index in [1.165, 1.54) is 19.2 Å². The van der Waals surface area contributed by atoms with E-state index in [9.17, 15) is 14.4 Å².